The summed E-state index contributed by atoms with van der Waals surface area (Å²) in [5.41, 5.74) is 1.54. The van der Waals surface area contributed by atoms with E-state index in [0.29, 0.717) is 0 Å². The molecule has 0 saturated carbocycles. The van der Waals surface area contributed by atoms with Crippen molar-refractivity contribution in [3.8, 4) is 0 Å². The van der Waals surface area contributed by atoms with Crippen LogP contribution in [0.3, 0.4) is 0 Å². The van der Waals surface area contributed by atoms with E-state index in [1.807, 2.05) is 0 Å². The molecule has 1 rings (SSSR count). The Balaban J connectivity index is 1.86. The lowest BCUT2D eigenvalue weighted by Gasteiger charge is -2.04. The van der Waals surface area contributed by atoms with Gasteiger partial charge in [-0.1, -0.05) is 168 Å². The quantitative estimate of drug-likeness (QED) is 0.0739. The van der Waals surface area contributed by atoms with Crippen molar-refractivity contribution in [1.29, 1.82) is 0 Å². The zero-order valence-electron chi connectivity index (χ0n) is 25.8. The van der Waals surface area contributed by atoms with E-state index in [1.165, 1.54) is 192 Å². The lowest BCUT2D eigenvalue weighted by atomic mass is 10.0. The molecule has 0 aliphatic carbocycles. The van der Waals surface area contributed by atoms with Crippen molar-refractivity contribution in [2.24, 2.45) is 0 Å². The molecule has 0 aliphatic rings. The molecule has 0 atom stereocenters. The monoisotopic (exact) mass is 515 g/mol. The van der Waals surface area contributed by atoms with E-state index in [9.17, 15) is 0 Å². The number of hydrogen-bond acceptors (Lipinski definition) is 0. The van der Waals surface area contributed by atoms with Crippen LogP contribution < -0.4 is 4.57 Å². The maximum atomic E-state index is 2.44. The third kappa shape index (κ3) is 24.0. The summed E-state index contributed by atoms with van der Waals surface area (Å²) in [7, 11) is 0. The number of aromatic nitrogens is 1. The normalized spacial score (nSPS) is 11.4. The highest BCUT2D eigenvalue weighted by Crippen LogP contribution is 2.15. The summed E-state index contributed by atoms with van der Waals surface area (Å²) in [6.45, 7) is 5.81. The first-order chi connectivity index (χ1) is 18.4. The molecule has 0 aromatic carbocycles. The van der Waals surface area contributed by atoms with Gasteiger partial charge in [0.25, 0.3) is 0 Å². The Labute approximate surface area is 234 Å². The van der Waals surface area contributed by atoms with Crippen LogP contribution in [0, 0.1) is 0 Å². The summed E-state index contributed by atoms with van der Waals surface area (Å²) >= 11 is 0. The molecule has 1 nitrogen and oxygen atoms in total. The van der Waals surface area contributed by atoms with Gasteiger partial charge in [0.05, 0.1) is 0 Å². The van der Waals surface area contributed by atoms with Crippen LogP contribution in [0.5, 0.6) is 0 Å². The molecule has 1 heterocycles. The lowest BCUT2D eigenvalue weighted by Crippen LogP contribution is -2.33. The number of hydrogen-bond donors (Lipinski definition) is 0. The first-order valence-corrected chi connectivity index (χ1v) is 17.3. The van der Waals surface area contributed by atoms with Crippen LogP contribution in [0.1, 0.15) is 193 Å². The molecule has 0 aliphatic heterocycles. The molecule has 0 bridgehead atoms. The van der Waals surface area contributed by atoms with Gasteiger partial charge in [0, 0.05) is 18.1 Å². The molecule has 0 N–H and O–H groups in total. The first kappa shape index (κ1) is 34.2. The molecule has 37 heavy (non-hydrogen) atoms. The summed E-state index contributed by atoms with van der Waals surface area (Å²) in [5, 5.41) is 0. The van der Waals surface area contributed by atoms with Crippen molar-refractivity contribution in [3.63, 3.8) is 0 Å². The van der Waals surface area contributed by atoms with Gasteiger partial charge < -0.3 is 0 Å². The Kier molecular flexibility index (Phi) is 26.0. The molecule has 0 radical (unpaired) electrons. The Hall–Kier alpha value is -0.850. The Morgan fingerprint density at radius 1 is 0.432 bits per heavy atom. The topological polar surface area (TPSA) is 3.88 Å². The zero-order valence-corrected chi connectivity index (χ0v) is 25.8. The van der Waals surface area contributed by atoms with E-state index >= 15 is 0 Å². The van der Waals surface area contributed by atoms with E-state index in [1.54, 1.807) is 0 Å². The third-order valence-electron chi connectivity index (χ3n) is 8.26. The van der Waals surface area contributed by atoms with E-state index in [2.05, 4.69) is 42.9 Å². The van der Waals surface area contributed by atoms with Gasteiger partial charge in [-0.15, -0.1) is 0 Å². The second kappa shape index (κ2) is 28.2. The number of pyridine rings is 1. The molecule has 0 unspecified atom stereocenters. The van der Waals surface area contributed by atoms with Gasteiger partial charge >= 0.3 is 0 Å². The van der Waals surface area contributed by atoms with E-state index in [4.69, 9.17) is 0 Å². The van der Waals surface area contributed by atoms with Gasteiger partial charge in [-0.3, -0.25) is 0 Å². The summed E-state index contributed by atoms with van der Waals surface area (Å²) in [6, 6.07) is 4.60. The number of nitrogens with zero attached hydrogens (tertiary/aromatic N) is 1. The predicted molar refractivity (Wildman–Crippen MR) is 166 cm³/mol. The number of unbranched alkanes of at least 4 members (excludes halogenated alkanes) is 25. The van der Waals surface area contributed by atoms with Crippen LogP contribution in [0.4, 0.5) is 0 Å². The average Bonchev–Trinajstić information content (AvgIpc) is 2.92. The van der Waals surface area contributed by atoms with Crippen LogP contribution in [0.15, 0.2) is 24.5 Å². The van der Waals surface area contributed by atoms with Crippen molar-refractivity contribution in [2.45, 2.75) is 200 Å². The number of aryl methyl sites for hydroxylation is 2. The van der Waals surface area contributed by atoms with E-state index in [0.717, 1.165) is 0 Å². The molecular formula is C36H68N+. The molecule has 0 fully saturated rings. The van der Waals surface area contributed by atoms with E-state index < -0.39 is 0 Å². The third-order valence-corrected chi connectivity index (χ3v) is 8.26. The van der Waals surface area contributed by atoms with Gasteiger partial charge in [-0.25, -0.2) is 4.57 Å². The van der Waals surface area contributed by atoms with Crippen molar-refractivity contribution in [2.75, 3.05) is 0 Å². The van der Waals surface area contributed by atoms with Crippen LogP contribution in [-0.2, 0) is 13.0 Å². The fraction of sp³-hybridized carbons (Fsp3) is 0.861. The largest absolute Gasteiger partial charge is 0.205 e. The number of rotatable bonds is 29. The second-order valence-electron chi connectivity index (χ2n) is 12.0. The minimum Gasteiger partial charge on any atom is -0.205 e. The van der Waals surface area contributed by atoms with Gasteiger partial charge in [0.1, 0.15) is 6.54 Å². The van der Waals surface area contributed by atoms with Crippen molar-refractivity contribution < 1.29 is 4.57 Å². The fourth-order valence-corrected chi connectivity index (χ4v) is 5.70. The second-order valence-corrected chi connectivity index (χ2v) is 12.0. The zero-order chi connectivity index (χ0) is 26.5. The minimum atomic E-state index is 1.20. The molecule has 0 spiro atoms. The summed E-state index contributed by atoms with van der Waals surface area (Å²) < 4.78 is 2.44. The Bertz CT molecular complexity index is 566. The highest BCUT2D eigenvalue weighted by Gasteiger charge is 2.03. The Morgan fingerprint density at radius 2 is 0.784 bits per heavy atom. The highest BCUT2D eigenvalue weighted by atomic mass is 14.9. The predicted octanol–water partition coefficient (Wildman–Crippen LogP) is 12.1. The van der Waals surface area contributed by atoms with Crippen LogP contribution in [0.25, 0.3) is 0 Å². The first-order valence-electron chi connectivity index (χ1n) is 17.3. The summed E-state index contributed by atoms with van der Waals surface area (Å²) in [6.07, 6.45) is 44.8. The van der Waals surface area contributed by atoms with Gasteiger partial charge in [-0.2, -0.15) is 0 Å². The molecule has 1 heteroatoms. The van der Waals surface area contributed by atoms with Crippen LogP contribution in [0.2, 0.25) is 0 Å². The smallest absolute Gasteiger partial charge is 0.171 e. The van der Waals surface area contributed by atoms with Gasteiger partial charge in [0.15, 0.2) is 12.4 Å². The minimum absolute atomic E-state index is 1.20. The van der Waals surface area contributed by atoms with Crippen molar-refractivity contribution in [1.82, 2.24) is 0 Å². The standard InChI is InChI=1S/C36H68N/c1-3-5-7-9-11-13-15-16-17-18-19-20-21-23-25-27-29-33-37-34-30-32-36(35-37)31-28-26-24-22-14-12-10-8-6-4-2/h30,32,34-35H,3-29,31,33H2,1-2H3/q+1. The molecule has 1 aromatic rings. The molecule has 0 saturated heterocycles. The maximum Gasteiger partial charge on any atom is 0.171 e. The van der Waals surface area contributed by atoms with Crippen molar-refractivity contribution >= 4 is 0 Å². The summed E-state index contributed by atoms with van der Waals surface area (Å²) in [4.78, 5) is 0. The molecular weight excluding hydrogens is 446 g/mol. The van der Waals surface area contributed by atoms with Crippen LogP contribution in [-0.4, -0.2) is 0 Å². The maximum absolute atomic E-state index is 2.44. The lowest BCUT2D eigenvalue weighted by molar-refractivity contribution is -0.697. The fourth-order valence-electron chi connectivity index (χ4n) is 5.70. The molecule has 216 valence electrons. The van der Waals surface area contributed by atoms with Crippen LogP contribution >= 0.6 is 0 Å². The molecule has 1 aromatic heterocycles. The van der Waals surface area contributed by atoms with E-state index in [-0.39, 0.29) is 0 Å². The SMILES string of the molecule is CCCCCCCCCCCCCCCCCCC[n+]1cccc(CCCCCCCCCCCC)c1. The average molecular weight is 515 g/mol. The molecule has 0 amide bonds. The van der Waals surface area contributed by atoms with Gasteiger partial charge in [-0.05, 0) is 25.3 Å². The Morgan fingerprint density at radius 3 is 1.19 bits per heavy atom. The van der Waals surface area contributed by atoms with Gasteiger partial charge in [0.2, 0.25) is 0 Å². The summed E-state index contributed by atoms with van der Waals surface area (Å²) in [5.74, 6) is 0. The highest BCUT2D eigenvalue weighted by molar-refractivity contribution is 5.05. The van der Waals surface area contributed by atoms with Crippen molar-refractivity contribution in [3.05, 3.63) is 30.1 Å².